The molecule has 27 heavy (non-hydrogen) atoms. The SMILES string of the molecule is CCNC(=NCC(C)c1ccsc1)N1CCN(C(=O)c2ccco2)CC1.I. The minimum atomic E-state index is -0.0392. The van der Waals surface area contributed by atoms with E-state index in [0.717, 1.165) is 32.1 Å². The van der Waals surface area contributed by atoms with Crippen molar-refractivity contribution in [1.29, 1.82) is 0 Å². The number of piperazine rings is 1. The van der Waals surface area contributed by atoms with E-state index in [9.17, 15) is 4.79 Å². The van der Waals surface area contributed by atoms with Gasteiger partial charge in [-0.15, -0.1) is 24.0 Å². The molecule has 2 aromatic rings. The zero-order valence-corrected chi connectivity index (χ0v) is 18.9. The summed E-state index contributed by atoms with van der Waals surface area (Å²) >= 11 is 1.72. The van der Waals surface area contributed by atoms with Crippen molar-refractivity contribution < 1.29 is 9.21 Å². The third-order valence-corrected chi connectivity index (χ3v) is 5.26. The van der Waals surface area contributed by atoms with Crippen LogP contribution in [0, 0.1) is 0 Å². The Labute approximate surface area is 181 Å². The molecule has 1 N–H and O–H groups in total. The number of guanidine groups is 1. The zero-order chi connectivity index (χ0) is 18.4. The Bertz CT molecular complexity index is 710. The lowest BCUT2D eigenvalue weighted by Gasteiger charge is -2.36. The summed E-state index contributed by atoms with van der Waals surface area (Å²) in [6.07, 6.45) is 1.54. The summed E-state index contributed by atoms with van der Waals surface area (Å²) in [5.41, 5.74) is 1.34. The molecular formula is C19H27IN4O2S. The summed E-state index contributed by atoms with van der Waals surface area (Å²) in [5.74, 6) is 1.70. The van der Waals surface area contributed by atoms with Gasteiger partial charge in [-0.25, -0.2) is 0 Å². The van der Waals surface area contributed by atoms with Gasteiger partial charge in [0.25, 0.3) is 5.91 Å². The number of nitrogens with one attached hydrogen (secondary N) is 1. The second-order valence-electron chi connectivity index (χ2n) is 6.41. The smallest absolute Gasteiger partial charge is 0.289 e. The Morgan fingerprint density at radius 3 is 2.63 bits per heavy atom. The molecule has 8 heteroatoms. The van der Waals surface area contributed by atoms with E-state index in [0.29, 0.717) is 24.8 Å². The minimum absolute atomic E-state index is 0. The van der Waals surface area contributed by atoms with E-state index in [1.165, 1.54) is 11.8 Å². The Kier molecular flexibility index (Phi) is 8.62. The maximum Gasteiger partial charge on any atom is 0.289 e. The molecule has 0 spiro atoms. The van der Waals surface area contributed by atoms with E-state index in [4.69, 9.17) is 9.41 Å². The second kappa shape index (κ2) is 10.7. The predicted octanol–water partition coefficient (Wildman–Crippen LogP) is 3.49. The molecule has 0 aromatic carbocycles. The van der Waals surface area contributed by atoms with Crippen molar-refractivity contribution in [1.82, 2.24) is 15.1 Å². The van der Waals surface area contributed by atoms with Crippen LogP contribution < -0.4 is 5.32 Å². The predicted molar refractivity (Wildman–Crippen MR) is 120 cm³/mol. The fraction of sp³-hybridized carbons (Fsp3) is 0.474. The van der Waals surface area contributed by atoms with Crippen LogP contribution in [-0.2, 0) is 0 Å². The molecule has 1 unspecified atom stereocenters. The van der Waals surface area contributed by atoms with Crippen LogP contribution in [-0.4, -0.2) is 60.9 Å². The maximum atomic E-state index is 12.4. The molecule has 0 radical (unpaired) electrons. The number of nitrogens with zero attached hydrogens (tertiary/aromatic N) is 3. The summed E-state index contributed by atoms with van der Waals surface area (Å²) in [4.78, 5) is 21.3. The first-order chi connectivity index (χ1) is 12.7. The van der Waals surface area contributed by atoms with Crippen LogP contribution in [0.3, 0.4) is 0 Å². The number of carbonyl (C=O) groups excluding carboxylic acids is 1. The Morgan fingerprint density at radius 2 is 2.04 bits per heavy atom. The molecule has 1 aliphatic heterocycles. The van der Waals surface area contributed by atoms with Crippen LogP contribution in [0.25, 0.3) is 0 Å². The van der Waals surface area contributed by atoms with Gasteiger partial charge in [0.05, 0.1) is 6.26 Å². The second-order valence-corrected chi connectivity index (χ2v) is 7.19. The highest BCUT2D eigenvalue weighted by atomic mass is 127. The fourth-order valence-corrected chi connectivity index (χ4v) is 3.77. The lowest BCUT2D eigenvalue weighted by atomic mass is 10.1. The molecule has 1 saturated heterocycles. The van der Waals surface area contributed by atoms with Gasteiger partial charge < -0.3 is 19.5 Å². The number of carbonyl (C=O) groups is 1. The Hall–Kier alpha value is -1.55. The molecular weight excluding hydrogens is 475 g/mol. The minimum Gasteiger partial charge on any atom is -0.459 e. The van der Waals surface area contributed by atoms with Gasteiger partial charge in [0.2, 0.25) is 0 Å². The van der Waals surface area contributed by atoms with E-state index in [1.807, 2.05) is 4.90 Å². The summed E-state index contributed by atoms with van der Waals surface area (Å²) < 4.78 is 5.22. The van der Waals surface area contributed by atoms with Gasteiger partial charge in [-0.3, -0.25) is 9.79 Å². The number of amides is 1. The summed E-state index contributed by atoms with van der Waals surface area (Å²) in [7, 11) is 0. The van der Waals surface area contributed by atoms with Gasteiger partial charge in [-0.05, 0) is 41.4 Å². The largest absolute Gasteiger partial charge is 0.459 e. The molecule has 1 fully saturated rings. The van der Waals surface area contributed by atoms with Gasteiger partial charge in [-0.1, -0.05) is 6.92 Å². The highest BCUT2D eigenvalue weighted by Crippen LogP contribution is 2.18. The number of hydrogen-bond acceptors (Lipinski definition) is 4. The summed E-state index contributed by atoms with van der Waals surface area (Å²) in [5, 5.41) is 7.67. The molecule has 1 amide bonds. The third-order valence-electron chi connectivity index (χ3n) is 4.56. The van der Waals surface area contributed by atoms with Crippen molar-refractivity contribution >= 4 is 47.2 Å². The molecule has 148 valence electrons. The van der Waals surface area contributed by atoms with Crippen LogP contribution in [0.1, 0.15) is 35.9 Å². The van der Waals surface area contributed by atoms with Gasteiger partial charge in [0.1, 0.15) is 0 Å². The first-order valence-electron chi connectivity index (χ1n) is 9.07. The molecule has 0 bridgehead atoms. The zero-order valence-electron chi connectivity index (χ0n) is 15.8. The van der Waals surface area contributed by atoms with Crippen molar-refractivity contribution in [3.8, 4) is 0 Å². The normalized spacial score (nSPS) is 16.0. The molecule has 1 atom stereocenters. The van der Waals surface area contributed by atoms with E-state index in [2.05, 4.69) is 40.9 Å². The third kappa shape index (κ3) is 5.71. The Morgan fingerprint density at radius 1 is 1.30 bits per heavy atom. The van der Waals surface area contributed by atoms with Crippen molar-refractivity contribution in [2.75, 3.05) is 39.3 Å². The van der Waals surface area contributed by atoms with Crippen molar-refractivity contribution in [2.24, 2.45) is 4.99 Å². The van der Waals surface area contributed by atoms with Gasteiger partial charge in [-0.2, -0.15) is 11.3 Å². The van der Waals surface area contributed by atoms with Crippen LogP contribution in [0.4, 0.5) is 0 Å². The molecule has 3 heterocycles. The summed E-state index contributed by atoms with van der Waals surface area (Å²) in [6.45, 7) is 8.75. The van der Waals surface area contributed by atoms with Crippen LogP contribution in [0.2, 0.25) is 0 Å². The van der Waals surface area contributed by atoms with E-state index in [-0.39, 0.29) is 29.9 Å². The number of thiophene rings is 1. The van der Waals surface area contributed by atoms with Crippen LogP contribution in [0.5, 0.6) is 0 Å². The molecule has 1 aliphatic rings. The Balaban J connectivity index is 0.00000261. The monoisotopic (exact) mass is 502 g/mol. The van der Waals surface area contributed by atoms with Crippen LogP contribution >= 0.6 is 35.3 Å². The van der Waals surface area contributed by atoms with E-state index in [1.54, 1.807) is 23.5 Å². The van der Waals surface area contributed by atoms with Crippen LogP contribution in [0.15, 0.2) is 44.6 Å². The highest BCUT2D eigenvalue weighted by molar-refractivity contribution is 14.0. The number of halogens is 1. The maximum absolute atomic E-state index is 12.4. The average Bonchev–Trinajstić information content (AvgIpc) is 3.38. The molecule has 3 rings (SSSR count). The molecule has 0 aliphatic carbocycles. The number of hydrogen-bond donors (Lipinski definition) is 1. The highest BCUT2D eigenvalue weighted by Gasteiger charge is 2.25. The topological polar surface area (TPSA) is 61.1 Å². The summed E-state index contributed by atoms with van der Waals surface area (Å²) in [6, 6.07) is 5.62. The van der Waals surface area contributed by atoms with Crippen molar-refractivity contribution in [2.45, 2.75) is 19.8 Å². The van der Waals surface area contributed by atoms with Crippen molar-refractivity contribution in [3.05, 3.63) is 46.5 Å². The number of aliphatic imine (C=N–C) groups is 1. The number of furan rings is 1. The van der Waals surface area contributed by atoms with Gasteiger partial charge in [0, 0.05) is 45.2 Å². The molecule has 6 nitrogen and oxygen atoms in total. The van der Waals surface area contributed by atoms with E-state index >= 15 is 0 Å². The quantitative estimate of drug-likeness (QED) is 0.387. The molecule has 0 saturated carbocycles. The van der Waals surface area contributed by atoms with Gasteiger partial charge in [0.15, 0.2) is 11.7 Å². The van der Waals surface area contributed by atoms with E-state index < -0.39 is 0 Å². The average molecular weight is 502 g/mol. The number of rotatable bonds is 5. The molecule has 2 aromatic heterocycles. The van der Waals surface area contributed by atoms with Crippen molar-refractivity contribution in [3.63, 3.8) is 0 Å². The lowest BCUT2D eigenvalue weighted by molar-refractivity contribution is 0.0657. The first-order valence-corrected chi connectivity index (χ1v) is 10.0. The van der Waals surface area contributed by atoms with Gasteiger partial charge >= 0.3 is 0 Å². The standard InChI is InChI=1S/C19H26N4O2S.HI/c1-3-20-19(21-13-15(2)16-6-12-26-14-16)23-9-7-22(8-10-23)18(24)17-5-4-11-25-17;/h4-6,11-12,14-15H,3,7-10,13H2,1-2H3,(H,20,21);1H. The first kappa shape index (κ1) is 21.7. The fourth-order valence-electron chi connectivity index (χ4n) is 2.99. The lowest BCUT2D eigenvalue weighted by Crippen LogP contribution is -2.53.